The van der Waals surface area contributed by atoms with Crippen LogP contribution in [-0.4, -0.2) is 15.9 Å². The fraction of sp³-hybridized carbons (Fsp3) is 0.182. The molecule has 5 heteroatoms. The molecule has 0 atom stereocenters. The average molecular weight is 377 g/mol. The van der Waals surface area contributed by atoms with Crippen molar-refractivity contribution in [3.63, 3.8) is 0 Å². The Kier molecular flexibility index (Phi) is 6.39. The van der Waals surface area contributed by atoms with Gasteiger partial charge in [0, 0.05) is 18.4 Å². The van der Waals surface area contributed by atoms with Crippen LogP contribution in [0.25, 0.3) is 0 Å². The van der Waals surface area contributed by atoms with E-state index in [0.29, 0.717) is 5.11 Å². The second-order valence-electron chi connectivity index (χ2n) is 6.42. The Morgan fingerprint density at radius 3 is 2.67 bits per heavy atom. The van der Waals surface area contributed by atoms with Crippen LogP contribution in [0.1, 0.15) is 29.3 Å². The fourth-order valence-electron chi connectivity index (χ4n) is 2.76. The maximum atomic E-state index is 5.32. The monoisotopic (exact) mass is 376 g/mol. The maximum Gasteiger partial charge on any atom is 0.191 e. The Morgan fingerprint density at radius 1 is 1.07 bits per heavy atom. The summed E-state index contributed by atoms with van der Waals surface area (Å²) in [5.74, 6) is 0. The molecule has 0 saturated heterocycles. The molecule has 3 rings (SSSR count). The van der Waals surface area contributed by atoms with Crippen LogP contribution in [0.5, 0.6) is 0 Å². The number of rotatable bonds is 6. The molecule has 0 spiro atoms. The summed E-state index contributed by atoms with van der Waals surface area (Å²) in [6.45, 7) is 5.03. The SMILES string of the molecule is CCc1cccc(NC(=S)N/N=C/c2cccn2Cc2ccc(C)cc2)c1. The first-order valence-electron chi connectivity index (χ1n) is 9.03. The molecule has 1 aromatic heterocycles. The van der Waals surface area contributed by atoms with Crippen LogP contribution >= 0.6 is 12.2 Å². The van der Waals surface area contributed by atoms with Gasteiger partial charge < -0.3 is 9.88 Å². The number of hydrogen-bond acceptors (Lipinski definition) is 2. The van der Waals surface area contributed by atoms with Gasteiger partial charge in [0.1, 0.15) is 0 Å². The molecule has 0 radical (unpaired) electrons. The van der Waals surface area contributed by atoms with Gasteiger partial charge in [0.05, 0.1) is 11.9 Å². The number of thiocarbonyl (C=S) groups is 1. The zero-order valence-corrected chi connectivity index (χ0v) is 16.5. The summed E-state index contributed by atoms with van der Waals surface area (Å²) < 4.78 is 2.15. The Bertz CT molecular complexity index is 925. The summed E-state index contributed by atoms with van der Waals surface area (Å²) in [4.78, 5) is 0. The van der Waals surface area contributed by atoms with E-state index in [0.717, 1.165) is 24.3 Å². The minimum absolute atomic E-state index is 0.469. The number of nitrogens with zero attached hydrogens (tertiary/aromatic N) is 2. The van der Waals surface area contributed by atoms with Crippen LogP contribution < -0.4 is 10.7 Å². The molecular weight excluding hydrogens is 352 g/mol. The lowest BCUT2D eigenvalue weighted by Crippen LogP contribution is -2.24. The molecule has 0 aliphatic carbocycles. The number of aryl methyl sites for hydroxylation is 2. The molecule has 0 unspecified atom stereocenters. The molecule has 0 bridgehead atoms. The molecule has 0 saturated carbocycles. The molecule has 138 valence electrons. The highest BCUT2D eigenvalue weighted by Gasteiger charge is 2.01. The zero-order valence-electron chi connectivity index (χ0n) is 15.6. The third kappa shape index (κ3) is 5.53. The third-order valence-corrected chi connectivity index (χ3v) is 4.49. The van der Waals surface area contributed by atoms with Crippen molar-refractivity contribution in [2.24, 2.45) is 5.10 Å². The number of anilines is 1. The highest BCUT2D eigenvalue weighted by molar-refractivity contribution is 7.80. The van der Waals surface area contributed by atoms with E-state index < -0.39 is 0 Å². The summed E-state index contributed by atoms with van der Waals surface area (Å²) in [6.07, 6.45) is 4.82. The van der Waals surface area contributed by atoms with E-state index in [1.807, 2.05) is 30.5 Å². The van der Waals surface area contributed by atoms with Crippen molar-refractivity contribution in [2.75, 3.05) is 5.32 Å². The van der Waals surface area contributed by atoms with Gasteiger partial charge in [-0.25, -0.2) is 0 Å². The zero-order chi connectivity index (χ0) is 19.1. The minimum Gasteiger partial charge on any atom is -0.342 e. The van der Waals surface area contributed by atoms with Gasteiger partial charge in [-0.05, 0) is 61.0 Å². The number of hydrazone groups is 1. The molecule has 2 N–H and O–H groups in total. The largest absolute Gasteiger partial charge is 0.342 e. The first kappa shape index (κ1) is 18.9. The van der Waals surface area contributed by atoms with E-state index in [4.69, 9.17) is 12.2 Å². The number of benzene rings is 2. The fourth-order valence-corrected chi connectivity index (χ4v) is 2.93. The van der Waals surface area contributed by atoms with Crippen molar-refractivity contribution in [1.82, 2.24) is 9.99 Å². The van der Waals surface area contributed by atoms with Crippen molar-refractivity contribution in [1.29, 1.82) is 0 Å². The summed E-state index contributed by atoms with van der Waals surface area (Å²) in [5, 5.41) is 7.89. The van der Waals surface area contributed by atoms with Crippen LogP contribution in [0.2, 0.25) is 0 Å². The molecule has 27 heavy (non-hydrogen) atoms. The predicted molar refractivity (Wildman–Crippen MR) is 117 cm³/mol. The van der Waals surface area contributed by atoms with Gasteiger partial charge in [-0.3, -0.25) is 5.43 Å². The van der Waals surface area contributed by atoms with Crippen molar-refractivity contribution in [3.05, 3.63) is 89.2 Å². The average Bonchev–Trinajstić information content (AvgIpc) is 3.11. The molecule has 4 nitrogen and oxygen atoms in total. The van der Waals surface area contributed by atoms with E-state index in [-0.39, 0.29) is 0 Å². The van der Waals surface area contributed by atoms with Gasteiger partial charge in [0.2, 0.25) is 0 Å². The molecule has 0 aliphatic heterocycles. The second kappa shape index (κ2) is 9.14. The van der Waals surface area contributed by atoms with Crippen LogP contribution in [-0.2, 0) is 13.0 Å². The van der Waals surface area contributed by atoms with Gasteiger partial charge in [-0.15, -0.1) is 0 Å². The first-order valence-corrected chi connectivity index (χ1v) is 9.44. The molecular formula is C22H24N4S. The van der Waals surface area contributed by atoms with Gasteiger partial charge in [0.25, 0.3) is 0 Å². The number of nitrogens with one attached hydrogen (secondary N) is 2. The quantitative estimate of drug-likeness (QED) is 0.371. The second-order valence-corrected chi connectivity index (χ2v) is 6.83. The van der Waals surface area contributed by atoms with Crippen LogP contribution in [0, 0.1) is 6.92 Å². The van der Waals surface area contributed by atoms with Gasteiger partial charge in [-0.2, -0.15) is 5.10 Å². The summed E-state index contributed by atoms with van der Waals surface area (Å²) >= 11 is 5.32. The maximum absolute atomic E-state index is 5.32. The molecule has 0 amide bonds. The Morgan fingerprint density at radius 2 is 1.89 bits per heavy atom. The molecule has 2 aromatic carbocycles. The van der Waals surface area contributed by atoms with Gasteiger partial charge in [0.15, 0.2) is 5.11 Å². The Balaban J connectivity index is 1.57. The van der Waals surface area contributed by atoms with Crippen LogP contribution in [0.15, 0.2) is 72.0 Å². The molecule has 0 fully saturated rings. The van der Waals surface area contributed by atoms with E-state index in [2.05, 4.69) is 70.7 Å². The molecule has 3 aromatic rings. The predicted octanol–water partition coefficient (Wildman–Crippen LogP) is 4.73. The standard InChI is InChI=1S/C22H24N4S/c1-3-18-6-4-7-20(14-18)24-22(27)25-23-15-21-8-5-13-26(21)16-19-11-9-17(2)10-12-19/h4-15H,3,16H2,1-2H3,(H2,24,25,27)/b23-15+. The summed E-state index contributed by atoms with van der Waals surface area (Å²) in [5.41, 5.74) is 8.64. The highest BCUT2D eigenvalue weighted by atomic mass is 32.1. The number of hydrogen-bond donors (Lipinski definition) is 2. The van der Waals surface area contributed by atoms with E-state index in [9.17, 15) is 0 Å². The van der Waals surface area contributed by atoms with Crippen molar-refractivity contribution in [3.8, 4) is 0 Å². The lowest BCUT2D eigenvalue weighted by Gasteiger charge is -2.09. The lowest BCUT2D eigenvalue weighted by molar-refractivity contribution is 0.798. The highest BCUT2D eigenvalue weighted by Crippen LogP contribution is 2.11. The van der Waals surface area contributed by atoms with E-state index >= 15 is 0 Å². The lowest BCUT2D eigenvalue weighted by atomic mass is 10.1. The van der Waals surface area contributed by atoms with Crippen molar-refractivity contribution < 1.29 is 0 Å². The smallest absolute Gasteiger partial charge is 0.191 e. The van der Waals surface area contributed by atoms with Gasteiger partial charge in [-0.1, -0.05) is 48.9 Å². The van der Waals surface area contributed by atoms with Crippen molar-refractivity contribution >= 4 is 29.2 Å². The van der Waals surface area contributed by atoms with Crippen molar-refractivity contribution in [2.45, 2.75) is 26.8 Å². The topological polar surface area (TPSA) is 41.4 Å². The number of aromatic nitrogens is 1. The Labute approximate surface area is 165 Å². The van der Waals surface area contributed by atoms with Crippen LogP contribution in [0.4, 0.5) is 5.69 Å². The summed E-state index contributed by atoms with van der Waals surface area (Å²) in [7, 11) is 0. The normalized spacial score (nSPS) is 10.9. The van der Waals surface area contributed by atoms with E-state index in [1.165, 1.54) is 16.7 Å². The minimum atomic E-state index is 0.469. The first-order chi connectivity index (χ1) is 13.1. The molecule has 0 aliphatic rings. The Hall–Kier alpha value is -2.92. The third-order valence-electron chi connectivity index (χ3n) is 4.29. The van der Waals surface area contributed by atoms with Gasteiger partial charge >= 0.3 is 0 Å². The summed E-state index contributed by atoms with van der Waals surface area (Å²) in [6, 6.07) is 20.8. The molecule has 1 heterocycles. The van der Waals surface area contributed by atoms with E-state index in [1.54, 1.807) is 6.21 Å². The van der Waals surface area contributed by atoms with Crippen LogP contribution in [0.3, 0.4) is 0 Å².